The molecule has 2 heterocycles. The molecule has 25 heavy (non-hydrogen) atoms. The second-order valence-electron chi connectivity index (χ2n) is 5.99. The quantitative estimate of drug-likeness (QED) is 0.929. The average molecular weight is 339 g/mol. The van der Waals surface area contributed by atoms with Crippen molar-refractivity contribution < 1.29 is 14.3 Å². The Hall–Kier alpha value is -2.73. The van der Waals surface area contributed by atoms with Gasteiger partial charge in [-0.3, -0.25) is 14.6 Å². The summed E-state index contributed by atoms with van der Waals surface area (Å²) < 4.78 is 5.42. The van der Waals surface area contributed by atoms with Crippen molar-refractivity contribution in [2.45, 2.75) is 20.0 Å². The summed E-state index contributed by atoms with van der Waals surface area (Å²) in [6.45, 7) is 3.71. The van der Waals surface area contributed by atoms with Crippen molar-refractivity contribution in [3.05, 3.63) is 58.9 Å². The highest BCUT2D eigenvalue weighted by molar-refractivity contribution is 6.06. The fraction of sp³-hybridized carbons (Fsp3) is 0.316. The van der Waals surface area contributed by atoms with Crippen LogP contribution in [0.25, 0.3) is 0 Å². The van der Waals surface area contributed by atoms with Crippen molar-refractivity contribution in [1.82, 2.24) is 9.88 Å². The molecule has 2 amide bonds. The number of anilines is 1. The van der Waals surface area contributed by atoms with E-state index in [2.05, 4.69) is 10.3 Å². The van der Waals surface area contributed by atoms with Crippen LogP contribution >= 0.6 is 0 Å². The van der Waals surface area contributed by atoms with Gasteiger partial charge in [0.05, 0.1) is 25.1 Å². The van der Waals surface area contributed by atoms with Crippen molar-refractivity contribution >= 4 is 17.5 Å². The monoisotopic (exact) mass is 339 g/mol. The highest BCUT2D eigenvalue weighted by Gasteiger charge is 2.15. The van der Waals surface area contributed by atoms with Crippen LogP contribution in [-0.4, -0.2) is 41.9 Å². The van der Waals surface area contributed by atoms with Crippen LogP contribution < -0.4 is 5.32 Å². The van der Waals surface area contributed by atoms with Gasteiger partial charge < -0.3 is 15.0 Å². The van der Waals surface area contributed by atoms with Crippen LogP contribution in [0, 0.1) is 0 Å². The Morgan fingerprint density at radius 1 is 1.28 bits per heavy atom. The molecule has 0 saturated heterocycles. The predicted molar refractivity (Wildman–Crippen MR) is 94.6 cm³/mol. The van der Waals surface area contributed by atoms with Gasteiger partial charge >= 0.3 is 0 Å². The number of carbonyl (C=O) groups is 2. The van der Waals surface area contributed by atoms with Crippen molar-refractivity contribution in [3.8, 4) is 0 Å². The minimum Gasteiger partial charge on any atom is -0.376 e. The second-order valence-corrected chi connectivity index (χ2v) is 5.99. The van der Waals surface area contributed by atoms with Crippen molar-refractivity contribution in [2.24, 2.45) is 0 Å². The van der Waals surface area contributed by atoms with Gasteiger partial charge in [0.15, 0.2) is 0 Å². The lowest BCUT2D eigenvalue weighted by Gasteiger charge is -2.17. The van der Waals surface area contributed by atoms with Gasteiger partial charge in [-0.05, 0) is 31.2 Å². The van der Waals surface area contributed by atoms with Crippen molar-refractivity contribution in [1.29, 1.82) is 0 Å². The number of ether oxygens (including phenoxy) is 1. The van der Waals surface area contributed by atoms with Crippen LogP contribution in [-0.2, 0) is 17.8 Å². The minimum atomic E-state index is -0.271. The number of nitrogens with one attached hydrogen (secondary N) is 1. The predicted octanol–water partition coefficient (Wildman–Crippen LogP) is 2.50. The lowest BCUT2D eigenvalue weighted by atomic mass is 10.1. The normalized spacial score (nSPS) is 13.0. The van der Waals surface area contributed by atoms with Crippen LogP contribution in [0.1, 0.15) is 38.9 Å². The molecule has 1 N–H and O–H groups in total. The van der Waals surface area contributed by atoms with Gasteiger partial charge in [-0.1, -0.05) is 6.07 Å². The molecule has 130 valence electrons. The molecule has 0 unspecified atom stereocenters. The van der Waals surface area contributed by atoms with E-state index in [9.17, 15) is 9.59 Å². The molecule has 1 aromatic heterocycles. The van der Waals surface area contributed by atoms with E-state index < -0.39 is 0 Å². The maximum Gasteiger partial charge on any atom is 0.255 e. The summed E-state index contributed by atoms with van der Waals surface area (Å²) in [6.07, 6.45) is 2.45. The largest absolute Gasteiger partial charge is 0.376 e. The van der Waals surface area contributed by atoms with Gasteiger partial charge in [0.1, 0.15) is 0 Å². The Morgan fingerprint density at radius 3 is 2.88 bits per heavy atom. The van der Waals surface area contributed by atoms with E-state index in [1.165, 1.54) is 0 Å². The fourth-order valence-corrected chi connectivity index (χ4v) is 2.67. The Bertz CT molecular complexity index is 804. The number of hydrogen-bond acceptors (Lipinski definition) is 4. The zero-order valence-electron chi connectivity index (χ0n) is 14.4. The van der Waals surface area contributed by atoms with Gasteiger partial charge in [0, 0.05) is 42.4 Å². The summed E-state index contributed by atoms with van der Waals surface area (Å²) in [5.74, 6) is -0.378. The van der Waals surface area contributed by atoms with Gasteiger partial charge in [0.2, 0.25) is 0 Å². The highest BCUT2D eigenvalue weighted by atomic mass is 16.5. The molecule has 0 aliphatic carbocycles. The van der Waals surface area contributed by atoms with Crippen molar-refractivity contribution in [2.75, 3.05) is 25.5 Å². The first kappa shape index (κ1) is 17.1. The molecule has 0 saturated carbocycles. The first-order chi connectivity index (χ1) is 12.1. The summed E-state index contributed by atoms with van der Waals surface area (Å²) in [6, 6.07) is 8.61. The average Bonchev–Trinajstić information content (AvgIpc) is 2.66. The van der Waals surface area contributed by atoms with Crippen LogP contribution in [0.4, 0.5) is 5.69 Å². The number of benzene rings is 1. The van der Waals surface area contributed by atoms with E-state index in [1.54, 1.807) is 42.4 Å². The van der Waals surface area contributed by atoms with Crippen LogP contribution in [0.2, 0.25) is 0 Å². The van der Waals surface area contributed by atoms with Crippen molar-refractivity contribution in [3.63, 3.8) is 0 Å². The lowest BCUT2D eigenvalue weighted by Crippen LogP contribution is -2.26. The number of rotatable bonds is 4. The molecular formula is C19H21N3O3. The molecule has 1 aliphatic rings. The van der Waals surface area contributed by atoms with Gasteiger partial charge in [-0.15, -0.1) is 0 Å². The van der Waals surface area contributed by atoms with E-state index in [0.29, 0.717) is 36.6 Å². The molecule has 6 heteroatoms. The zero-order valence-corrected chi connectivity index (χ0v) is 14.4. The first-order valence-corrected chi connectivity index (χ1v) is 8.31. The Morgan fingerprint density at radius 2 is 2.08 bits per heavy atom. The molecule has 6 nitrogen and oxygen atoms in total. The van der Waals surface area contributed by atoms with E-state index in [-0.39, 0.29) is 11.8 Å². The highest BCUT2D eigenvalue weighted by Crippen LogP contribution is 2.19. The number of amides is 2. The van der Waals surface area contributed by atoms with Gasteiger partial charge in [-0.2, -0.15) is 0 Å². The molecular weight excluding hydrogens is 318 g/mol. The zero-order chi connectivity index (χ0) is 17.8. The molecule has 0 spiro atoms. The topological polar surface area (TPSA) is 71.5 Å². The minimum absolute atomic E-state index is 0.107. The third kappa shape index (κ3) is 3.85. The molecule has 0 bridgehead atoms. The van der Waals surface area contributed by atoms with E-state index in [0.717, 1.165) is 17.7 Å². The SMILES string of the molecule is CCN(C)C(=O)c1cccc(C(=O)Nc2cnc3c(c2)COCC3)c1. The number of aromatic nitrogens is 1. The summed E-state index contributed by atoms with van der Waals surface area (Å²) >= 11 is 0. The molecule has 1 aliphatic heterocycles. The molecule has 3 rings (SSSR count). The lowest BCUT2D eigenvalue weighted by molar-refractivity contribution is 0.0802. The number of hydrogen-bond donors (Lipinski definition) is 1. The van der Waals surface area contributed by atoms with Gasteiger partial charge in [-0.25, -0.2) is 0 Å². The summed E-state index contributed by atoms with van der Waals surface area (Å²) in [5.41, 5.74) is 3.56. The van der Waals surface area contributed by atoms with E-state index >= 15 is 0 Å². The van der Waals surface area contributed by atoms with E-state index in [1.807, 2.05) is 13.0 Å². The number of carbonyl (C=O) groups excluding carboxylic acids is 2. The fourth-order valence-electron chi connectivity index (χ4n) is 2.67. The molecule has 0 atom stereocenters. The van der Waals surface area contributed by atoms with Crippen LogP contribution in [0.3, 0.4) is 0 Å². The first-order valence-electron chi connectivity index (χ1n) is 8.31. The van der Waals surface area contributed by atoms with Crippen LogP contribution in [0.15, 0.2) is 36.5 Å². The number of nitrogens with zero attached hydrogens (tertiary/aromatic N) is 2. The molecule has 2 aromatic rings. The van der Waals surface area contributed by atoms with Crippen LogP contribution in [0.5, 0.6) is 0 Å². The second kappa shape index (κ2) is 7.44. The summed E-state index contributed by atoms with van der Waals surface area (Å²) in [7, 11) is 1.73. The molecule has 0 radical (unpaired) electrons. The Labute approximate surface area is 146 Å². The van der Waals surface area contributed by atoms with E-state index in [4.69, 9.17) is 4.74 Å². The Balaban J connectivity index is 1.76. The molecule has 1 aromatic carbocycles. The summed E-state index contributed by atoms with van der Waals surface area (Å²) in [5, 5.41) is 2.84. The standard InChI is InChI=1S/C19H21N3O3/c1-3-22(2)19(24)14-6-4-5-13(9-14)18(23)21-16-10-15-12-25-8-7-17(15)20-11-16/h4-6,9-11H,3,7-8,12H2,1-2H3,(H,21,23). The number of fused-ring (bicyclic) bond motifs is 1. The maximum atomic E-state index is 12.5. The third-order valence-electron chi connectivity index (χ3n) is 4.25. The van der Waals surface area contributed by atoms with Gasteiger partial charge in [0.25, 0.3) is 11.8 Å². The summed E-state index contributed by atoms with van der Waals surface area (Å²) in [4.78, 5) is 30.7. The molecule has 0 fully saturated rings. The Kier molecular flexibility index (Phi) is 5.09. The third-order valence-corrected chi connectivity index (χ3v) is 4.25. The maximum absolute atomic E-state index is 12.5. The number of pyridine rings is 1. The smallest absolute Gasteiger partial charge is 0.255 e.